The maximum absolute atomic E-state index is 11.7. The number of rotatable bonds is 7. The van der Waals surface area contributed by atoms with Gasteiger partial charge < -0.3 is 20.4 Å². The molecular formula is C11H16N4O5. The van der Waals surface area contributed by atoms with Gasteiger partial charge in [0.25, 0.3) is 0 Å². The number of hydrogen-bond donors (Lipinski definition) is 3. The standard InChI is InChI=1S/C11H16N4O5/c1-8-4-13-15(5-8)3-2-12-11(20)14(6-9(16)17)7-10(18)19/h4-5H,2-3,6-7H2,1H3,(H,12,20)(H,16,17)(H,18,19). The van der Waals surface area contributed by atoms with E-state index in [1.807, 2.05) is 6.92 Å². The first-order valence-corrected chi connectivity index (χ1v) is 5.84. The Balaban J connectivity index is 2.44. The summed E-state index contributed by atoms with van der Waals surface area (Å²) in [5, 5.41) is 23.7. The number of aryl methyl sites for hydroxylation is 1. The number of carboxylic acids is 2. The normalized spacial score (nSPS) is 10.1. The van der Waals surface area contributed by atoms with Crippen molar-refractivity contribution in [2.45, 2.75) is 13.5 Å². The molecule has 0 saturated heterocycles. The predicted octanol–water partition coefficient (Wildman–Crippen LogP) is -0.628. The van der Waals surface area contributed by atoms with Crippen LogP contribution in [0.15, 0.2) is 12.4 Å². The molecule has 1 heterocycles. The van der Waals surface area contributed by atoms with Gasteiger partial charge in [0.1, 0.15) is 13.1 Å². The first-order valence-electron chi connectivity index (χ1n) is 5.84. The number of amides is 2. The number of carbonyl (C=O) groups is 3. The summed E-state index contributed by atoms with van der Waals surface area (Å²) in [6.45, 7) is 1.17. The minimum atomic E-state index is -1.27. The molecule has 0 radical (unpaired) electrons. The van der Waals surface area contributed by atoms with Gasteiger partial charge in [-0.05, 0) is 12.5 Å². The molecule has 2 amide bonds. The second-order valence-corrected chi connectivity index (χ2v) is 4.16. The number of carbonyl (C=O) groups excluding carboxylic acids is 1. The van der Waals surface area contributed by atoms with E-state index >= 15 is 0 Å². The minimum Gasteiger partial charge on any atom is -0.480 e. The Morgan fingerprint density at radius 3 is 2.35 bits per heavy atom. The third-order valence-electron chi connectivity index (χ3n) is 2.32. The van der Waals surface area contributed by atoms with Crippen LogP contribution in [0.2, 0.25) is 0 Å². The Kier molecular flexibility index (Phi) is 5.51. The van der Waals surface area contributed by atoms with Crippen LogP contribution in [0.3, 0.4) is 0 Å². The predicted molar refractivity (Wildman–Crippen MR) is 67.2 cm³/mol. The summed E-state index contributed by atoms with van der Waals surface area (Å²) < 4.78 is 1.62. The summed E-state index contributed by atoms with van der Waals surface area (Å²) in [5.74, 6) is -2.55. The van der Waals surface area contributed by atoms with Gasteiger partial charge in [0, 0.05) is 12.7 Å². The Hall–Kier alpha value is -2.58. The third kappa shape index (κ3) is 5.38. The van der Waals surface area contributed by atoms with E-state index in [2.05, 4.69) is 10.4 Å². The van der Waals surface area contributed by atoms with Gasteiger partial charge >= 0.3 is 18.0 Å². The number of nitrogens with one attached hydrogen (secondary N) is 1. The quantitative estimate of drug-likeness (QED) is 0.612. The molecule has 0 atom stereocenters. The maximum atomic E-state index is 11.7. The van der Waals surface area contributed by atoms with Crippen LogP contribution < -0.4 is 5.32 Å². The first kappa shape index (κ1) is 15.5. The highest BCUT2D eigenvalue weighted by molar-refractivity contribution is 5.84. The van der Waals surface area contributed by atoms with Crippen molar-refractivity contribution in [1.29, 1.82) is 0 Å². The molecule has 9 nitrogen and oxygen atoms in total. The van der Waals surface area contributed by atoms with Crippen LogP contribution in [0, 0.1) is 6.92 Å². The van der Waals surface area contributed by atoms with E-state index in [9.17, 15) is 14.4 Å². The van der Waals surface area contributed by atoms with E-state index in [1.165, 1.54) is 0 Å². The maximum Gasteiger partial charge on any atom is 0.323 e. The summed E-state index contributed by atoms with van der Waals surface area (Å²) in [4.78, 5) is 33.5. The van der Waals surface area contributed by atoms with Crippen molar-refractivity contribution in [2.24, 2.45) is 0 Å². The van der Waals surface area contributed by atoms with Crippen LogP contribution in [0.1, 0.15) is 5.56 Å². The van der Waals surface area contributed by atoms with Gasteiger partial charge in [0.15, 0.2) is 0 Å². The van der Waals surface area contributed by atoms with Gasteiger partial charge in [-0.2, -0.15) is 5.10 Å². The number of carboxylic acid groups (broad SMARTS) is 2. The highest BCUT2D eigenvalue weighted by atomic mass is 16.4. The van der Waals surface area contributed by atoms with E-state index in [4.69, 9.17) is 10.2 Å². The zero-order chi connectivity index (χ0) is 15.1. The van der Waals surface area contributed by atoms with Gasteiger partial charge in [-0.3, -0.25) is 14.3 Å². The van der Waals surface area contributed by atoms with E-state index in [0.29, 0.717) is 11.4 Å². The molecular weight excluding hydrogens is 268 g/mol. The van der Waals surface area contributed by atoms with Gasteiger partial charge in [0.2, 0.25) is 0 Å². The van der Waals surface area contributed by atoms with Crippen LogP contribution in [0.5, 0.6) is 0 Å². The molecule has 20 heavy (non-hydrogen) atoms. The largest absolute Gasteiger partial charge is 0.480 e. The van der Waals surface area contributed by atoms with Gasteiger partial charge in [-0.25, -0.2) is 4.79 Å². The summed E-state index contributed by atoms with van der Waals surface area (Å²) in [7, 11) is 0. The lowest BCUT2D eigenvalue weighted by Crippen LogP contribution is -2.46. The number of nitrogens with zero attached hydrogens (tertiary/aromatic N) is 3. The fraction of sp³-hybridized carbons (Fsp3) is 0.455. The van der Waals surface area contributed by atoms with E-state index in [0.717, 1.165) is 5.56 Å². The second kappa shape index (κ2) is 7.12. The molecule has 0 spiro atoms. The topological polar surface area (TPSA) is 125 Å². The molecule has 0 aliphatic heterocycles. The monoisotopic (exact) mass is 284 g/mol. The SMILES string of the molecule is Cc1cnn(CCNC(=O)N(CC(=O)O)CC(=O)O)c1. The van der Waals surface area contributed by atoms with Crippen molar-refractivity contribution in [3.63, 3.8) is 0 Å². The zero-order valence-electron chi connectivity index (χ0n) is 10.9. The zero-order valence-corrected chi connectivity index (χ0v) is 10.9. The lowest BCUT2D eigenvalue weighted by molar-refractivity contribution is -0.140. The number of aliphatic carboxylic acids is 2. The van der Waals surface area contributed by atoms with Crippen molar-refractivity contribution < 1.29 is 24.6 Å². The molecule has 0 unspecified atom stereocenters. The molecule has 1 aromatic rings. The number of hydrogen-bond acceptors (Lipinski definition) is 4. The molecule has 1 rings (SSSR count). The molecule has 1 aromatic heterocycles. The third-order valence-corrected chi connectivity index (χ3v) is 2.32. The van der Waals surface area contributed by atoms with Crippen molar-refractivity contribution >= 4 is 18.0 Å². The highest BCUT2D eigenvalue weighted by Crippen LogP contribution is 1.94. The van der Waals surface area contributed by atoms with Crippen molar-refractivity contribution in [2.75, 3.05) is 19.6 Å². The molecule has 0 aliphatic rings. The van der Waals surface area contributed by atoms with Crippen LogP contribution >= 0.6 is 0 Å². The van der Waals surface area contributed by atoms with Crippen LogP contribution in [0.25, 0.3) is 0 Å². The van der Waals surface area contributed by atoms with Gasteiger partial charge in [0.05, 0.1) is 12.7 Å². The molecule has 0 fully saturated rings. The van der Waals surface area contributed by atoms with Crippen LogP contribution in [-0.4, -0.2) is 62.5 Å². The average Bonchev–Trinajstić information content (AvgIpc) is 2.73. The van der Waals surface area contributed by atoms with Crippen molar-refractivity contribution in [1.82, 2.24) is 20.0 Å². The number of urea groups is 1. The van der Waals surface area contributed by atoms with Gasteiger partial charge in [-0.15, -0.1) is 0 Å². The molecule has 110 valence electrons. The molecule has 3 N–H and O–H groups in total. The van der Waals surface area contributed by atoms with Crippen molar-refractivity contribution in [3.8, 4) is 0 Å². The molecule has 9 heteroatoms. The molecule has 0 bridgehead atoms. The fourth-order valence-corrected chi connectivity index (χ4v) is 1.50. The molecule has 0 aromatic carbocycles. The van der Waals surface area contributed by atoms with Gasteiger partial charge in [-0.1, -0.05) is 0 Å². The Bertz CT molecular complexity index is 483. The van der Waals surface area contributed by atoms with Crippen molar-refractivity contribution in [3.05, 3.63) is 18.0 Å². The summed E-state index contributed by atoms with van der Waals surface area (Å²) >= 11 is 0. The average molecular weight is 284 g/mol. The summed E-state index contributed by atoms with van der Waals surface area (Å²) in [6.07, 6.45) is 3.46. The Morgan fingerprint density at radius 1 is 1.30 bits per heavy atom. The Morgan fingerprint density at radius 2 is 1.90 bits per heavy atom. The van der Waals surface area contributed by atoms with E-state index < -0.39 is 31.1 Å². The van der Waals surface area contributed by atoms with E-state index in [1.54, 1.807) is 17.1 Å². The highest BCUT2D eigenvalue weighted by Gasteiger charge is 2.19. The lowest BCUT2D eigenvalue weighted by atomic mass is 10.4. The Labute approximate surface area is 114 Å². The number of aromatic nitrogens is 2. The second-order valence-electron chi connectivity index (χ2n) is 4.16. The molecule has 0 aliphatic carbocycles. The fourth-order valence-electron chi connectivity index (χ4n) is 1.50. The smallest absolute Gasteiger partial charge is 0.323 e. The van der Waals surface area contributed by atoms with Crippen LogP contribution in [-0.2, 0) is 16.1 Å². The summed E-state index contributed by atoms with van der Waals surface area (Å²) in [6, 6.07) is -0.737. The molecule has 0 saturated carbocycles. The minimum absolute atomic E-state index is 0.218. The first-order chi connectivity index (χ1) is 9.38. The summed E-state index contributed by atoms with van der Waals surface area (Å²) in [5.41, 5.74) is 0.981. The lowest BCUT2D eigenvalue weighted by Gasteiger charge is -2.18. The van der Waals surface area contributed by atoms with Crippen LogP contribution in [0.4, 0.5) is 4.79 Å². The van der Waals surface area contributed by atoms with E-state index in [-0.39, 0.29) is 6.54 Å².